The molecule has 0 radical (unpaired) electrons. The molecule has 0 aromatic heterocycles. The van der Waals surface area contributed by atoms with E-state index in [1.54, 1.807) is 0 Å². The molecule has 2 atom stereocenters. The molecule has 1 fully saturated rings. The molecule has 3 nitrogen and oxygen atoms in total. The van der Waals surface area contributed by atoms with Gasteiger partial charge in [-0.15, -0.1) is 0 Å². The van der Waals surface area contributed by atoms with Crippen LogP contribution in [0.5, 0.6) is 0 Å². The lowest BCUT2D eigenvalue weighted by atomic mass is 9.99. The summed E-state index contributed by atoms with van der Waals surface area (Å²) in [5.41, 5.74) is 6.89. The molecule has 2 aliphatic rings. The Labute approximate surface area is 85.6 Å². The van der Waals surface area contributed by atoms with Crippen LogP contribution in [0.3, 0.4) is 0 Å². The van der Waals surface area contributed by atoms with Gasteiger partial charge in [-0.25, -0.2) is 0 Å². The van der Waals surface area contributed by atoms with Crippen LogP contribution in [0.4, 0.5) is 0 Å². The number of allylic oxidation sites excluding steroid dienone is 2. The van der Waals surface area contributed by atoms with Crippen LogP contribution in [0, 0.1) is 5.92 Å². The summed E-state index contributed by atoms with van der Waals surface area (Å²) in [5, 5.41) is 3.31. The molecular weight excluding hydrogens is 174 g/mol. The van der Waals surface area contributed by atoms with Gasteiger partial charge < -0.3 is 11.1 Å². The molecule has 0 amide bonds. The van der Waals surface area contributed by atoms with Crippen LogP contribution >= 0.6 is 0 Å². The van der Waals surface area contributed by atoms with Gasteiger partial charge in [0.1, 0.15) is 6.17 Å². The largest absolute Gasteiger partial charge is 0.399 e. The smallest absolute Gasteiger partial charge is 0.120 e. The molecule has 2 aliphatic heterocycles. The number of nitrogens with one attached hydrogen (secondary N) is 1. The van der Waals surface area contributed by atoms with Gasteiger partial charge in [-0.3, -0.25) is 4.90 Å². The second kappa shape index (κ2) is 4.05. The summed E-state index contributed by atoms with van der Waals surface area (Å²) in [6.07, 6.45) is 8.78. The lowest BCUT2D eigenvalue weighted by Crippen LogP contribution is -2.51. The molecule has 0 aromatic carbocycles. The molecule has 0 bridgehead atoms. The summed E-state index contributed by atoms with van der Waals surface area (Å²) in [6.45, 7) is 4.62. The summed E-state index contributed by atoms with van der Waals surface area (Å²) in [5.74, 6) is 0.796. The van der Waals surface area contributed by atoms with Crippen molar-refractivity contribution in [2.24, 2.45) is 11.7 Å². The number of piperidine rings is 1. The normalized spacial score (nSPS) is 33.6. The monoisotopic (exact) mass is 193 g/mol. The molecule has 0 aliphatic carbocycles. The van der Waals surface area contributed by atoms with E-state index in [1.807, 2.05) is 18.4 Å². The van der Waals surface area contributed by atoms with E-state index in [4.69, 9.17) is 5.73 Å². The van der Waals surface area contributed by atoms with E-state index in [-0.39, 0.29) is 6.17 Å². The van der Waals surface area contributed by atoms with E-state index >= 15 is 0 Å². The van der Waals surface area contributed by atoms with Gasteiger partial charge in [0.15, 0.2) is 0 Å². The third-order valence-corrected chi connectivity index (χ3v) is 3.01. The van der Waals surface area contributed by atoms with Crippen molar-refractivity contribution in [3.05, 3.63) is 24.0 Å². The van der Waals surface area contributed by atoms with Crippen molar-refractivity contribution in [1.29, 1.82) is 0 Å². The van der Waals surface area contributed by atoms with Crippen molar-refractivity contribution < 1.29 is 0 Å². The van der Waals surface area contributed by atoms with Gasteiger partial charge in [-0.2, -0.15) is 0 Å². The lowest BCUT2D eigenvalue weighted by molar-refractivity contribution is 0.134. The summed E-state index contributed by atoms with van der Waals surface area (Å²) in [6, 6.07) is 0. The molecule has 0 spiro atoms. The minimum absolute atomic E-state index is 0.225. The average Bonchev–Trinajstić information content (AvgIpc) is 2.18. The van der Waals surface area contributed by atoms with Gasteiger partial charge in [0.2, 0.25) is 0 Å². The Bertz CT molecular complexity index is 257. The predicted octanol–water partition coefficient (Wildman–Crippen LogP) is 1.00. The zero-order chi connectivity index (χ0) is 9.97. The van der Waals surface area contributed by atoms with E-state index in [9.17, 15) is 0 Å². The summed E-state index contributed by atoms with van der Waals surface area (Å²) < 4.78 is 0. The van der Waals surface area contributed by atoms with Gasteiger partial charge >= 0.3 is 0 Å². The van der Waals surface area contributed by atoms with Gasteiger partial charge in [-0.1, -0.05) is 6.92 Å². The fourth-order valence-corrected chi connectivity index (χ4v) is 2.27. The van der Waals surface area contributed by atoms with Gasteiger partial charge in [-0.05, 0) is 37.1 Å². The van der Waals surface area contributed by atoms with Crippen molar-refractivity contribution in [3.8, 4) is 0 Å². The Morgan fingerprint density at radius 2 is 2.43 bits per heavy atom. The summed E-state index contributed by atoms with van der Waals surface area (Å²) in [7, 11) is 0. The predicted molar refractivity (Wildman–Crippen MR) is 58.3 cm³/mol. The first kappa shape index (κ1) is 9.59. The molecule has 3 N–H and O–H groups in total. The highest BCUT2D eigenvalue weighted by molar-refractivity contribution is 5.19. The van der Waals surface area contributed by atoms with E-state index < -0.39 is 0 Å². The Hall–Kier alpha value is -0.960. The van der Waals surface area contributed by atoms with Crippen LogP contribution in [0.2, 0.25) is 0 Å². The number of likely N-dealkylation sites (tertiary alicyclic amines) is 1. The second-order valence-corrected chi connectivity index (χ2v) is 4.34. The molecule has 14 heavy (non-hydrogen) atoms. The Morgan fingerprint density at radius 3 is 3.14 bits per heavy atom. The van der Waals surface area contributed by atoms with E-state index in [0.29, 0.717) is 0 Å². The van der Waals surface area contributed by atoms with Crippen molar-refractivity contribution in [3.63, 3.8) is 0 Å². The van der Waals surface area contributed by atoms with Crippen molar-refractivity contribution in [2.45, 2.75) is 25.9 Å². The number of hydrogen-bond donors (Lipinski definition) is 2. The summed E-state index contributed by atoms with van der Waals surface area (Å²) in [4.78, 5) is 2.43. The molecule has 2 heterocycles. The number of nitrogens with two attached hydrogens (primary N) is 1. The quantitative estimate of drug-likeness (QED) is 0.653. The van der Waals surface area contributed by atoms with Crippen LogP contribution in [-0.4, -0.2) is 24.2 Å². The third-order valence-electron chi connectivity index (χ3n) is 3.01. The van der Waals surface area contributed by atoms with Crippen molar-refractivity contribution >= 4 is 0 Å². The second-order valence-electron chi connectivity index (χ2n) is 4.34. The molecule has 1 unspecified atom stereocenters. The maximum atomic E-state index is 5.96. The first-order valence-corrected chi connectivity index (χ1v) is 5.39. The molecule has 1 saturated heterocycles. The standard InChI is InChI=1S/C11H19N3/c1-9-4-3-7-14(8-9)11-10(12)5-2-6-13-11/h2,5-6,9,11,13H,3-4,7-8,12H2,1H3/t9-,11?/m1/s1. The highest BCUT2D eigenvalue weighted by atomic mass is 15.3. The zero-order valence-corrected chi connectivity index (χ0v) is 8.74. The van der Waals surface area contributed by atoms with Crippen molar-refractivity contribution in [1.82, 2.24) is 10.2 Å². The molecule has 0 aromatic rings. The molecule has 0 saturated carbocycles. The van der Waals surface area contributed by atoms with Gasteiger partial charge in [0.25, 0.3) is 0 Å². The lowest BCUT2D eigenvalue weighted by Gasteiger charge is -2.38. The zero-order valence-electron chi connectivity index (χ0n) is 8.74. The number of hydrogen-bond acceptors (Lipinski definition) is 3. The Balaban J connectivity index is 2.00. The number of dihydropyridines is 1. The van der Waals surface area contributed by atoms with Crippen LogP contribution in [0.25, 0.3) is 0 Å². The van der Waals surface area contributed by atoms with Crippen molar-refractivity contribution in [2.75, 3.05) is 13.1 Å². The van der Waals surface area contributed by atoms with E-state index in [1.165, 1.54) is 12.8 Å². The molecule has 2 rings (SSSR count). The first-order valence-electron chi connectivity index (χ1n) is 5.39. The van der Waals surface area contributed by atoms with Crippen LogP contribution < -0.4 is 11.1 Å². The van der Waals surface area contributed by atoms with Gasteiger partial charge in [0.05, 0.1) is 0 Å². The van der Waals surface area contributed by atoms with E-state index in [2.05, 4.69) is 17.1 Å². The SMILES string of the molecule is C[C@@H]1CCCN(C2NC=CC=C2N)C1. The maximum Gasteiger partial charge on any atom is 0.120 e. The van der Waals surface area contributed by atoms with Crippen LogP contribution in [-0.2, 0) is 0 Å². The van der Waals surface area contributed by atoms with Crippen LogP contribution in [0.1, 0.15) is 19.8 Å². The minimum Gasteiger partial charge on any atom is -0.399 e. The topological polar surface area (TPSA) is 41.3 Å². The third kappa shape index (κ3) is 1.93. The minimum atomic E-state index is 0.225. The highest BCUT2D eigenvalue weighted by Gasteiger charge is 2.25. The number of rotatable bonds is 1. The maximum absolute atomic E-state index is 5.96. The van der Waals surface area contributed by atoms with E-state index in [0.717, 1.165) is 24.7 Å². The Kier molecular flexibility index (Phi) is 2.77. The number of nitrogens with zero attached hydrogens (tertiary/aromatic N) is 1. The average molecular weight is 193 g/mol. The summed E-state index contributed by atoms with van der Waals surface area (Å²) >= 11 is 0. The molecule has 78 valence electrons. The fraction of sp³-hybridized carbons (Fsp3) is 0.636. The fourth-order valence-electron chi connectivity index (χ4n) is 2.27. The Morgan fingerprint density at radius 1 is 1.57 bits per heavy atom. The molecule has 3 heteroatoms. The van der Waals surface area contributed by atoms with Crippen LogP contribution in [0.15, 0.2) is 24.0 Å². The van der Waals surface area contributed by atoms with Gasteiger partial charge in [0, 0.05) is 18.8 Å². The highest BCUT2D eigenvalue weighted by Crippen LogP contribution is 2.19. The first-order chi connectivity index (χ1) is 6.77. The molecular formula is C11H19N3.